The Hall–Kier alpha value is -2.35. The molecule has 0 fully saturated rings. The van der Waals surface area contributed by atoms with Crippen molar-refractivity contribution in [3.05, 3.63) is 35.9 Å². The van der Waals surface area contributed by atoms with Crippen LogP contribution in [0.15, 0.2) is 35.2 Å². The van der Waals surface area contributed by atoms with Gasteiger partial charge in [-0.1, -0.05) is 12.2 Å². The third-order valence-corrected chi connectivity index (χ3v) is 4.80. The molecule has 112 valence electrons. The summed E-state index contributed by atoms with van der Waals surface area (Å²) in [5, 5.41) is 8.98. The molecule has 8 heteroatoms. The predicted molar refractivity (Wildman–Crippen MR) is 75.9 cm³/mol. The van der Waals surface area contributed by atoms with Gasteiger partial charge in [0.1, 0.15) is 4.90 Å². The van der Waals surface area contributed by atoms with Crippen LogP contribution in [-0.4, -0.2) is 43.4 Å². The number of urea groups is 1. The van der Waals surface area contributed by atoms with E-state index in [0.29, 0.717) is 9.88 Å². The van der Waals surface area contributed by atoms with Gasteiger partial charge in [-0.3, -0.25) is 4.90 Å². The number of carbonyl (C=O) groups excluding carboxylic acids is 1. The van der Waals surface area contributed by atoms with Gasteiger partial charge in [-0.15, -0.1) is 0 Å². The molecule has 2 amide bonds. The molecule has 0 aliphatic carbocycles. The lowest BCUT2D eigenvalue weighted by atomic mass is 10.2. The minimum atomic E-state index is -4.10. The number of fused-ring (bicyclic) bond motifs is 1. The Labute approximate surface area is 122 Å². The van der Waals surface area contributed by atoms with Crippen LogP contribution in [0.1, 0.15) is 17.3 Å². The van der Waals surface area contributed by atoms with E-state index in [2.05, 4.69) is 6.58 Å². The molecule has 1 aliphatic rings. The normalized spacial score (nSPS) is 16.6. The second kappa shape index (κ2) is 4.88. The standard InChI is InChI=1S/C13H14N2O5S/c1-8(2)7-15-13(18)14(3)10-5-4-9(12(16)17)6-11(10)21(15,19)20/h4-6H,1,7H2,2-3H3,(H,16,17). The summed E-state index contributed by atoms with van der Waals surface area (Å²) in [6.45, 7) is 5.06. The van der Waals surface area contributed by atoms with E-state index in [0.717, 1.165) is 6.07 Å². The molecule has 0 aromatic heterocycles. The van der Waals surface area contributed by atoms with E-state index >= 15 is 0 Å². The molecule has 1 N–H and O–H groups in total. The average Bonchev–Trinajstić information content (AvgIpc) is 2.40. The van der Waals surface area contributed by atoms with Gasteiger partial charge in [-0.05, 0) is 25.1 Å². The SMILES string of the molecule is C=C(C)CN1C(=O)N(C)c2ccc(C(=O)O)cc2S1(=O)=O. The molecule has 0 unspecified atom stereocenters. The molecule has 0 atom stereocenters. The highest BCUT2D eigenvalue weighted by atomic mass is 32.2. The Morgan fingerprint density at radius 2 is 2.00 bits per heavy atom. The lowest BCUT2D eigenvalue weighted by Crippen LogP contribution is -2.49. The van der Waals surface area contributed by atoms with Crippen molar-refractivity contribution >= 4 is 27.7 Å². The molecule has 0 radical (unpaired) electrons. The highest BCUT2D eigenvalue weighted by Crippen LogP contribution is 2.34. The third-order valence-electron chi connectivity index (χ3n) is 3.05. The largest absolute Gasteiger partial charge is 0.478 e. The lowest BCUT2D eigenvalue weighted by molar-refractivity contribution is 0.0696. The molecule has 1 heterocycles. The van der Waals surface area contributed by atoms with Gasteiger partial charge in [0.05, 0.1) is 17.8 Å². The molecule has 0 spiro atoms. The molecule has 1 aromatic rings. The van der Waals surface area contributed by atoms with Gasteiger partial charge in [-0.2, -0.15) is 0 Å². The van der Waals surface area contributed by atoms with Crippen LogP contribution >= 0.6 is 0 Å². The molecule has 1 aromatic carbocycles. The molecule has 0 saturated heterocycles. The number of amides is 2. The first kappa shape index (κ1) is 15.0. The van der Waals surface area contributed by atoms with E-state index in [1.807, 2.05) is 0 Å². The highest BCUT2D eigenvalue weighted by molar-refractivity contribution is 7.90. The Morgan fingerprint density at radius 3 is 2.52 bits per heavy atom. The zero-order valence-corrected chi connectivity index (χ0v) is 12.3. The molecule has 0 saturated carbocycles. The van der Waals surface area contributed by atoms with Gasteiger partial charge in [-0.25, -0.2) is 22.3 Å². The van der Waals surface area contributed by atoms with Crippen molar-refractivity contribution in [2.75, 3.05) is 18.5 Å². The minimum Gasteiger partial charge on any atom is -0.478 e. The number of aromatic carboxylic acids is 1. The fourth-order valence-electron chi connectivity index (χ4n) is 2.02. The van der Waals surface area contributed by atoms with Crippen molar-refractivity contribution in [3.63, 3.8) is 0 Å². The zero-order chi connectivity index (χ0) is 15.9. The van der Waals surface area contributed by atoms with Crippen LogP contribution in [0.25, 0.3) is 0 Å². The fourth-order valence-corrected chi connectivity index (χ4v) is 3.72. The Bertz CT molecular complexity index is 754. The maximum Gasteiger partial charge on any atom is 0.338 e. The fraction of sp³-hybridized carbons (Fsp3) is 0.231. The molecular formula is C13H14N2O5S. The summed E-state index contributed by atoms with van der Waals surface area (Å²) in [6.07, 6.45) is 0. The maximum atomic E-state index is 12.5. The Kier molecular flexibility index (Phi) is 3.50. The zero-order valence-electron chi connectivity index (χ0n) is 11.5. The number of anilines is 1. The monoisotopic (exact) mass is 310 g/mol. The molecule has 0 bridgehead atoms. The molecular weight excluding hydrogens is 296 g/mol. The quantitative estimate of drug-likeness (QED) is 0.854. The summed E-state index contributed by atoms with van der Waals surface area (Å²) in [5.41, 5.74) is 0.497. The number of nitrogens with zero attached hydrogens (tertiary/aromatic N) is 2. The van der Waals surface area contributed by atoms with Crippen LogP contribution in [0.2, 0.25) is 0 Å². The number of carboxylic acids is 1. The smallest absolute Gasteiger partial charge is 0.338 e. The van der Waals surface area contributed by atoms with E-state index in [4.69, 9.17) is 5.11 Å². The molecule has 21 heavy (non-hydrogen) atoms. The topological polar surface area (TPSA) is 95.0 Å². The van der Waals surface area contributed by atoms with Gasteiger partial charge in [0.15, 0.2) is 0 Å². The number of benzene rings is 1. The number of carboxylic acid groups (broad SMARTS) is 1. The van der Waals surface area contributed by atoms with E-state index < -0.39 is 22.0 Å². The van der Waals surface area contributed by atoms with Crippen molar-refractivity contribution in [2.24, 2.45) is 0 Å². The summed E-state index contributed by atoms with van der Waals surface area (Å²) in [4.78, 5) is 24.1. The van der Waals surface area contributed by atoms with Crippen molar-refractivity contribution < 1.29 is 23.1 Å². The van der Waals surface area contributed by atoms with E-state index in [-0.39, 0.29) is 22.7 Å². The summed E-state index contributed by atoms with van der Waals surface area (Å²) in [7, 11) is -2.67. The van der Waals surface area contributed by atoms with Crippen LogP contribution in [0, 0.1) is 0 Å². The third kappa shape index (κ3) is 2.38. The number of carbonyl (C=O) groups is 2. The first-order chi connectivity index (χ1) is 9.66. The van der Waals surface area contributed by atoms with E-state index in [1.54, 1.807) is 6.92 Å². The number of hydrogen-bond acceptors (Lipinski definition) is 4. The van der Waals surface area contributed by atoms with Gasteiger partial charge < -0.3 is 5.11 Å². The van der Waals surface area contributed by atoms with Gasteiger partial charge >= 0.3 is 12.0 Å². The molecule has 2 rings (SSSR count). The summed E-state index contributed by atoms with van der Waals surface area (Å²) < 4.78 is 25.7. The first-order valence-corrected chi connectivity index (χ1v) is 7.42. The Balaban J connectivity index is 2.68. The lowest BCUT2D eigenvalue weighted by Gasteiger charge is -2.34. The minimum absolute atomic E-state index is 0.151. The second-order valence-electron chi connectivity index (χ2n) is 4.80. The van der Waals surface area contributed by atoms with Crippen LogP contribution < -0.4 is 4.90 Å². The number of hydrogen-bond donors (Lipinski definition) is 1. The van der Waals surface area contributed by atoms with Crippen molar-refractivity contribution in [1.29, 1.82) is 0 Å². The second-order valence-corrected chi connectivity index (χ2v) is 6.63. The van der Waals surface area contributed by atoms with Crippen molar-refractivity contribution in [2.45, 2.75) is 11.8 Å². The average molecular weight is 310 g/mol. The molecule has 1 aliphatic heterocycles. The van der Waals surface area contributed by atoms with Gasteiger partial charge in [0.2, 0.25) is 0 Å². The van der Waals surface area contributed by atoms with Gasteiger partial charge in [0, 0.05) is 7.05 Å². The highest BCUT2D eigenvalue weighted by Gasteiger charge is 2.40. The first-order valence-electron chi connectivity index (χ1n) is 5.98. The number of sulfonamides is 1. The molecule has 7 nitrogen and oxygen atoms in total. The van der Waals surface area contributed by atoms with Gasteiger partial charge in [0.25, 0.3) is 10.0 Å². The summed E-state index contributed by atoms with van der Waals surface area (Å²) in [6, 6.07) is 2.93. The predicted octanol–water partition coefficient (Wildman–Crippen LogP) is 1.52. The number of rotatable bonds is 3. The summed E-state index contributed by atoms with van der Waals surface area (Å²) in [5.74, 6) is -1.24. The van der Waals surface area contributed by atoms with Crippen molar-refractivity contribution in [1.82, 2.24) is 4.31 Å². The van der Waals surface area contributed by atoms with Crippen LogP contribution in [0.4, 0.5) is 10.5 Å². The van der Waals surface area contributed by atoms with Crippen LogP contribution in [-0.2, 0) is 10.0 Å². The van der Waals surface area contributed by atoms with E-state index in [1.165, 1.54) is 24.1 Å². The summed E-state index contributed by atoms with van der Waals surface area (Å²) >= 11 is 0. The Morgan fingerprint density at radius 1 is 1.38 bits per heavy atom. The van der Waals surface area contributed by atoms with E-state index in [9.17, 15) is 18.0 Å². The van der Waals surface area contributed by atoms with Crippen molar-refractivity contribution in [3.8, 4) is 0 Å². The van der Waals surface area contributed by atoms with Crippen LogP contribution in [0.5, 0.6) is 0 Å². The van der Waals surface area contributed by atoms with Crippen LogP contribution in [0.3, 0.4) is 0 Å². The maximum absolute atomic E-state index is 12.5.